The van der Waals surface area contributed by atoms with Gasteiger partial charge in [-0.15, -0.1) is 0 Å². The van der Waals surface area contributed by atoms with Gasteiger partial charge in [-0.05, 0) is 0 Å². The van der Waals surface area contributed by atoms with Crippen molar-refractivity contribution in [3.8, 4) is 0 Å². The monoisotopic (exact) mass is 354 g/mol. The van der Waals surface area contributed by atoms with Gasteiger partial charge in [0, 0.05) is 0 Å². The SMILES string of the molecule is O=C([O-])C(=O)[O-].O=C([O-])C(=O)[O-].O=P(O)(O)O.[Ca+2].[Ca+2]. The van der Waals surface area contributed by atoms with Crippen LogP contribution in [0.1, 0.15) is 0 Å². The Balaban J connectivity index is -0.0000000492. The molecule has 15 heteroatoms. The first-order valence-electron chi connectivity index (χ1n) is 2.92. The van der Waals surface area contributed by atoms with E-state index < -0.39 is 31.7 Å². The van der Waals surface area contributed by atoms with E-state index in [9.17, 15) is 0 Å². The van der Waals surface area contributed by atoms with Crippen LogP contribution in [-0.4, -0.2) is 114 Å². The zero-order valence-electron chi connectivity index (χ0n) is 8.88. The first kappa shape index (κ1) is 31.7. The number of carboxylic acid groups (broad SMARTS) is 4. The van der Waals surface area contributed by atoms with Crippen LogP contribution in [0.4, 0.5) is 0 Å². The number of aliphatic carboxylic acids is 4. The van der Waals surface area contributed by atoms with Gasteiger partial charge in [0.25, 0.3) is 0 Å². The Bertz CT molecular complexity index is 289. The van der Waals surface area contributed by atoms with E-state index in [-0.39, 0.29) is 75.5 Å². The minimum atomic E-state index is -4.64. The summed E-state index contributed by atoms with van der Waals surface area (Å²) in [5, 5.41) is 35.7. The van der Waals surface area contributed by atoms with Crippen LogP contribution in [0.2, 0.25) is 0 Å². The molecular formula is C4H3Ca2O12P. The van der Waals surface area contributed by atoms with Crippen LogP contribution in [0.25, 0.3) is 0 Å². The quantitative estimate of drug-likeness (QED) is 0.209. The molecule has 0 spiro atoms. The molecule has 0 aromatic rings. The van der Waals surface area contributed by atoms with Gasteiger partial charge in [0.05, 0.1) is 23.9 Å². The third kappa shape index (κ3) is 69.7. The van der Waals surface area contributed by atoms with E-state index in [0.717, 1.165) is 0 Å². The fourth-order valence-electron chi connectivity index (χ4n) is 0. The standard InChI is InChI=1S/2C2H2O4.2Ca.H3O4P/c2*3-1(4)2(5)6;;;1-5(2,3)4/h2*(H,3,4)(H,5,6);;;(H3,1,2,3,4)/q;;2*+2;/p-4. The summed E-state index contributed by atoms with van der Waals surface area (Å²) in [6, 6.07) is 0. The normalized spacial score (nSPS) is 7.74. The zero-order chi connectivity index (χ0) is 14.8. The number of phosphoric acid groups is 1. The fraction of sp³-hybridized carbons (Fsp3) is 0. The summed E-state index contributed by atoms with van der Waals surface area (Å²) in [7, 11) is -4.64. The van der Waals surface area contributed by atoms with Crippen LogP contribution in [0.3, 0.4) is 0 Å². The second-order valence-electron chi connectivity index (χ2n) is 1.66. The maximum Gasteiger partial charge on any atom is 2.00 e. The maximum absolute atomic E-state index is 8.93. The summed E-state index contributed by atoms with van der Waals surface area (Å²) in [5.41, 5.74) is 0. The van der Waals surface area contributed by atoms with Gasteiger partial charge in [-0.2, -0.15) is 0 Å². The molecule has 0 radical (unpaired) electrons. The number of carbonyl (C=O) groups is 4. The summed E-state index contributed by atoms with van der Waals surface area (Å²) in [6.45, 7) is 0. The molecule has 19 heavy (non-hydrogen) atoms. The van der Waals surface area contributed by atoms with E-state index in [2.05, 4.69) is 0 Å². The van der Waals surface area contributed by atoms with Gasteiger partial charge in [-0.1, -0.05) is 0 Å². The largest absolute Gasteiger partial charge is 2.00 e. The minimum absolute atomic E-state index is 0. The molecule has 0 amide bonds. The molecule has 0 aliphatic rings. The van der Waals surface area contributed by atoms with Gasteiger partial charge in [0.15, 0.2) is 0 Å². The number of rotatable bonds is 0. The summed E-state index contributed by atoms with van der Waals surface area (Å²) in [5.74, 6) is -8.74. The van der Waals surface area contributed by atoms with Gasteiger partial charge in [0.1, 0.15) is 0 Å². The van der Waals surface area contributed by atoms with Crippen LogP contribution in [0.5, 0.6) is 0 Å². The molecule has 0 rings (SSSR count). The first-order chi connectivity index (χ1) is 7.29. The molecule has 0 heterocycles. The Hall–Kier alpha value is 0.509. The van der Waals surface area contributed by atoms with Crippen LogP contribution in [0.15, 0.2) is 0 Å². The van der Waals surface area contributed by atoms with Crippen molar-refractivity contribution < 1.29 is 58.8 Å². The van der Waals surface area contributed by atoms with Crippen LogP contribution >= 0.6 is 7.82 Å². The Kier molecular flexibility index (Phi) is 27.7. The second-order valence-corrected chi connectivity index (χ2v) is 2.69. The van der Waals surface area contributed by atoms with Crippen LogP contribution in [-0.2, 0) is 23.7 Å². The van der Waals surface area contributed by atoms with E-state index in [1.54, 1.807) is 0 Å². The number of carbonyl (C=O) groups excluding carboxylic acids is 4. The fourth-order valence-corrected chi connectivity index (χ4v) is 0. The summed E-state index contributed by atoms with van der Waals surface area (Å²) >= 11 is 0. The molecular weight excluding hydrogens is 351 g/mol. The molecule has 0 fully saturated rings. The second kappa shape index (κ2) is 16.6. The van der Waals surface area contributed by atoms with E-state index in [4.69, 9.17) is 58.8 Å². The van der Waals surface area contributed by atoms with Gasteiger partial charge in [0.2, 0.25) is 0 Å². The molecule has 12 nitrogen and oxygen atoms in total. The van der Waals surface area contributed by atoms with Crippen LogP contribution in [0, 0.1) is 0 Å². The van der Waals surface area contributed by atoms with E-state index in [1.165, 1.54) is 0 Å². The summed E-state index contributed by atoms with van der Waals surface area (Å²) < 4.78 is 8.88. The Morgan fingerprint density at radius 1 is 0.632 bits per heavy atom. The Labute approximate surface area is 164 Å². The third-order valence-electron chi connectivity index (χ3n) is 0.333. The molecule has 0 aliphatic heterocycles. The molecule has 0 aromatic heterocycles. The van der Waals surface area contributed by atoms with Crippen molar-refractivity contribution in [1.29, 1.82) is 0 Å². The molecule has 0 saturated carbocycles. The number of carboxylic acids is 4. The van der Waals surface area contributed by atoms with Crippen molar-refractivity contribution >= 4 is 107 Å². The maximum atomic E-state index is 8.93. The average Bonchev–Trinajstić information content (AvgIpc) is 2.01. The molecule has 0 atom stereocenters. The molecule has 0 saturated heterocycles. The summed E-state index contributed by atoms with van der Waals surface area (Å²) in [6.07, 6.45) is 0. The van der Waals surface area contributed by atoms with Gasteiger partial charge in [-0.25, -0.2) is 4.57 Å². The average molecular weight is 354 g/mol. The zero-order valence-corrected chi connectivity index (χ0v) is 14.2. The topological polar surface area (TPSA) is 238 Å². The molecule has 0 aromatic carbocycles. The predicted octanol–water partition coefficient (Wildman–Crippen LogP) is -8.72. The van der Waals surface area contributed by atoms with Crippen molar-refractivity contribution in [1.82, 2.24) is 0 Å². The molecule has 3 N–H and O–H groups in total. The van der Waals surface area contributed by atoms with Crippen molar-refractivity contribution in [2.75, 3.05) is 0 Å². The van der Waals surface area contributed by atoms with E-state index in [0.29, 0.717) is 0 Å². The molecule has 0 bridgehead atoms. The molecule has 100 valence electrons. The van der Waals surface area contributed by atoms with E-state index >= 15 is 0 Å². The van der Waals surface area contributed by atoms with Crippen molar-refractivity contribution in [3.05, 3.63) is 0 Å². The minimum Gasteiger partial charge on any atom is -0.543 e. The van der Waals surface area contributed by atoms with Crippen LogP contribution < -0.4 is 20.4 Å². The Morgan fingerprint density at radius 3 is 0.684 bits per heavy atom. The summed E-state index contributed by atoms with van der Waals surface area (Å²) in [4.78, 5) is 57.3. The predicted molar refractivity (Wildman–Crippen MR) is 45.8 cm³/mol. The Morgan fingerprint density at radius 2 is 0.684 bits per heavy atom. The third-order valence-corrected chi connectivity index (χ3v) is 0.333. The van der Waals surface area contributed by atoms with E-state index in [1.807, 2.05) is 0 Å². The van der Waals surface area contributed by atoms with Crippen molar-refractivity contribution in [2.45, 2.75) is 0 Å². The molecule has 0 unspecified atom stereocenters. The van der Waals surface area contributed by atoms with Crippen molar-refractivity contribution in [2.24, 2.45) is 0 Å². The van der Waals surface area contributed by atoms with Gasteiger partial charge < -0.3 is 54.3 Å². The number of hydrogen-bond donors (Lipinski definition) is 3. The van der Waals surface area contributed by atoms with Gasteiger partial charge in [-0.3, -0.25) is 0 Å². The van der Waals surface area contributed by atoms with Gasteiger partial charge >= 0.3 is 83.3 Å². The molecule has 0 aliphatic carbocycles. The smallest absolute Gasteiger partial charge is 0.543 e. The first-order valence-corrected chi connectivity index (χ1v) is 4.48. The number of hydrogen-bond acceptors (Lipinski definition) is 9. The van der Waals surface area contributed by atoms with Crippen molar-refractivity contribution in [3.63, 3.8) is 0 Å².